The van der Waals surface area contributed by atoms with Crippen molar-refractivity contribution < 1.29 is 13.2 Å². The van der Waals surface area contributed by atoms with Crippen LogP contribution in [0, 0.1) is 6.92 Å². The molecule has 0 spiro atoms. The SMILES string of the molecule is Cc1ccc(Nc2cccc3c2CCN(S(C)(=O)=O)C3)cc1C(=O)Nc1ccccc1. The first-order valence-electron chi connectivity index (χ1n) is 10.1. The molecule has 2 N–H and O–H groups in total. The van der Waals surface area contributed by atoms with Gasteiger partial charge in [0.25, 0.3) is 5.91 Å². The summed E-state index contributed by atoms with van der Waals surface area (Å²) < 4.78 is 25.3. The molecule has 1 aliphatic rings. The second-order valence-corrected chi connectivity index (χ2v) is 9.75. The highest BCUT2D eigenvalue weighted by molar-refractivity contribution is 7.88. The number of amides is 1. The fraction of sp³-hybridized carbons (Fsp3) is 0.208. The predicted molar refractivity (Wildman–Crippen MR) is 124 cm³/mol. The number of nitrogens with one attached hydrogen (secondary N) is 2. The van der Waals surface area contributed by atoms with Gasteiger partial charge in [-0.05, 0) is 60.4 Å². The lowest BCUT2D eigenvalue weighted by atomic mass is 9.98. The maximum absolute atomic E-state index is 12.8. The maximum atomic E-state index is 12.8. The number of nitrogens with zero attached hydrogens (tertiary/aromatic N) is 1. The van der Waals surface area contributed by atoms with Crippen LogP contribution in [0.1, 0.15) is 27.0 Å². The number of hydrogen-bond donors (Lipinski definition) is 2. The Labute approximate surface area is 183 Å². The average Bonchev–Trinajstić information content (AvgIpc) is 2.75. The molecule has 0 saturated heterocycles. The van der Waals surface area contributed by atoms with Gasteiger partial charge in [-0.3, -0.25) is 4.79 Å². The van der Waals surface area contributed by atoms with E-state index in [2.05, 4.69) is 10.6 Å². The molecule has 3 aromatic carbocycles. The summed E-state index contributed by atoms with van der Waals surface area (Å²) in [6.45, 7) is 2.75. The molecule has 0 aromatic heterocycles. The number of rotatable bonds is 5. The van der Waals surface area contributed by atoms with Crippen molar-refractivity contribution in [3.8, 4) is 0 Å². The Kier molecular flexibility index (Phi) is 5.80. The van der Waals surface area contributed by atoms with Crippen LogP contribution in [0.5, 0.6) is 0 Å². The minimum atomic E-state index is -3.22. The van der Waals surface area contributed by atoms with Crippen LogP contribution in [0.15, 0.2) is 66.7 Å². The number of fused-ring (bicyclic) bond motifs is 1. The molecule has 0 bridgehead atoms. The molecule has 0 unspecified atom stereocenters. The first-order chi connectivity index (χ1) is 14.8. The number of sulfonamides is 1. The van der Waals surface area contributed by atoms with Crippen LogP contribution in [0.3, 0.4) is 0 Å². The van der Waals surface area contributed by atoms with E-state index >= 15 is 0 Å². The summed E-state index contributed by atoms with van der Waals surface area (Å²) in [7, 11) is -3.22. The molecule has 0 radical (unpaired) electrons. The van der Waals surface area contributed by atoms with Crippen LogP contribution < -0.4 is 10.6 Å². The first kappa shape index (κ1) is 21.1. The molecule has 31 heavy (non-hydrogen) atoms. The Balaban J connectivity index is 1.57. The number of anilines is 3. The fourth-order valence-electron chi connectivity index (χ4n) is 3.80. The zero-order chi connectivity index (χ0) is 22.0. The number of hydrogen-bond acceptors (Lipinski definition) is 4. The smallest absolute Gasteiger partial charge is 0.256 e. The van der Waals surface area contributed by atoms with Crippen molar-refractivity contribution in [3.05, 3.63) is 89.0 Å². The average molecular weight is 436 g/mol. The number of para-hydroxylation sites is 1. The lowest BCUT2D eigenvalue weighted by molar-refractivity contribution is 0.102. The molecule has 0 atom stereocenters. The third-order valence-electron chi connectivity index (χ3n) is 5.49. The van der Waals surface area contributed by atoms with Crippen LogP contribution >= 0.6 is 0 Å². The molecular formula is C24H25N3O3S. The van der Waals surface area contributed by atoms with Crippen molar-refractivity contribution in [1.29, 1.82) is 0 Å². The van der Waals surface area contributed by atoms with Gasteiger partial charge in [-0.25, -0.2) is 8.42 Å². The van der Waals surface area contributed by atoms with E-state index in [1.165, 1.54) is 10.6 Å². The standard InChI is InChI=1S/C24H25N3O3S/c1-17-11-12-20(15-22(17)24(28)26-19-8-4-3-5-9-19)25-23-10-6-7-18-16-27(31(2,29)30)14-13-21(18)23/h3-12,15,25H,13-14,16H2,1-2H3,(H,26,28). The van der Waals surface area contributed by atoms with Crippen LogP contribution in [0.2, 0.25) is 0 Å². The lowest BCUT2D eigenvalue weighted by Crippen LogP contribution is -2.35. The summed E-state index contributed by atoms with van der Waals surface area (Å²) in [6, 6.07) is 20.9. The Morgan fingerprint density at radius 3 is 2.48 bits per heavy atom. The second kappa shape index (κ2) is 8.53. The Hall–Kier alpha value is -3.16. The van der Waals surface area contributed by atoms with Crippen molar-refractivity contribution >= 4 is 33.0 Å². The number of carbonyl (C=O) groups excluding carboxylic acids is 1. The summed E-state index contributed by atoms with van der Waals surface area (Å²) >= 11 is 0. The van der Waals surface area contributed by atoms with E-state index in [9.17, 15) is 13.2 Å². The summed E-state index contributed by atoms with van der Waals surface area (Å²) in [5, 5.41) is 6.35. The van der Waals surface area contributed by atoms with E-state index in [-0.39, 0.29) is 5.91 Å². The molecule has 4 rings (SSSR count). The largest absolute Gasteiger partial charge is 0.355 e. The highest BCUT2D eigenvalue weighted by atomic mass is 32.2. The van der Waals surface area contributed by atoms with E-state index < -0.39 is 10.0 Å². The third-order valence-corrected chi connectivity index (χ3v) is 6.74. The molecule has 1 aliphatic heterocycles. The third kappa shape index (κ3) is 4.78. The molecule has 6 nitrogen and oxygen atoms in total. The van der Waals surface area contributed by atoms with E-state index in [4.69, 9.17) is 0 Å². The van der Waals surface area contributed by atoms with Gasteiger partial charge in [0, 0.05) is 35.7 Å². The zero-order valence-electron chi connectivity index (χ0n) is 17.6. The summed E-state index contributed by atoms with van der Waals surface area (Å²) in [5.41, 5.74) is 6.08. The molecule has 1 amide bonds. The normalized spacial score (nSPS) is 14.0. The minimum Gasteiger partial charge on any atom is -0.355 e. The van der Waals surface area contributed by atoms with Crippen LogP contribution in [0.4, 0.5) is 17.1 Å². The Bertz CT molecular complexity index is 1220. The summed E-state index contributed by atoms with van der Waals surface area (Å²) in [5.74, 6) is -0.161. The molecule has 160 valence electrons. The number of aryl methyl sites for hydroxylation is 1. The van der Waals surface area contributed by atoms with Crippen molar-refractivity contribution in [2.75, 3.05) is 23.4 Å². The molecule has 0 fully saturated rings. The Morgan fingerprint density at radius 1 is 0.968 bits per heavy atom. The number of carbonyl (C=O) groups is 1. The minimum absolute atomic E-state index is 0.161. The van der Waals surface area contributed by atoms with Crippen LogP contribution in [0.25, 0.3) is 0 Å². The van der Waals surface area contributed by atoms with Gasteiger partial charge < -0.3 is 10.6 Å². The van der Waals surface area contributed by atoms with Gasteiger partial charge >= 0.3 is 0 Å². The van der Waals surface area contributed by atoms with Crippen molar-refractivity contribution in [3.63, 3.8) is 0 Å². The topological polar surface area (TPSA) is 78.5 Å². The van der Waals surface area contributed by atoms with Crippen LogP contribution in [-0.2, 0) is 23.0 Å². The zero-order valence-corrected chi connectivity index (χ0v) is 18.4. The van der Waals surface area contributed by atoms with Gasteiger partial charge in [0.2, 0.25) is 10.0 Å². The van der Waals surface area contributed by atoms with Crippen LogP contribution in [-0.4, -0.2) is 31.4 Å². The first-order valence-corrected chi connectivity index (χ1v) is 12.0. The summed E-state index contributed by atoms with van der Waals surface area (Å²) in [4.78, 5) is 12.8. The van der Waals surface area contributed by atoms with Gasteiger partial charge in [0.1, 0.15) is 0 Å². The fourth-order valence-corrected chi connectivity index (χ4v) is 4.60. The molecule has 1 heterocycles. The molecule has 0 aliphatic carbocycles. The molecule has 7 heteroatoms. The highest BCUT2D eigenvalue weighted by Crippen LogP contribution is 2.30. The number of benzene rings is 3. The van der Waals surface area contributed by atoms with E-state index in [1.54, 1.807) is 0 Å². The van der Waals surface area contributed by atoms with Gasteiger partial charge in [-0.2, -0.15) is 4.31 Å². The van der Waals surface area contributed by atoms with Gasteiger partial charge in [-0.1, -0.05) is 36.4 Å². The maximum Gasteiger partial charge on any atom is 0.256 e. The molecular weight excluding hydrogens is 410 g/mol. The van der Waals surface area contributed by atoms with E-state index in [0.29, 0.717) is 25.1 Å². The predicted octanol–water partition coefficient (Wildman–Crippen LogP) is 4.31. The monoisotopic (exact) mass is 435 g/mol. The molecule has 0 saturated carbocycles. The van der Waals surface area contributed by atoms with E-state index in [1.807, 2.05) is 73.7 Å². The van der Waals surface area contributed by atoms with Gasteiger partial charge in [0.15, 0.2) is 0 Å². The lowest BCUT2D eigenvalue weighted by Gasteiger charge is -2.28. The van der Waals surface area contributed by atoms with Crippen molar-refractivity contribution in [2.24, 2.45) is 0 Å². The summed E-state index contributed by atoms with van der Waals surface area (Å²) in [6.07, 6.45) is 1.88. The second-order valence-electron chi connectivity index (χ2n) is 7.76. The van der Waals surface area contributed by atoms with Gasteiger partial charge in [0.05, 0.1) is 6.26 Å². The highest BCUT2D eigenvalue weighted by Gasteiger charge is 2.24. The molecule has 3 aromatic rings. The van der Waals surface area contributed by atoms with E-state index in [0.717, 1.165) is 33.8 Å². The Morgan fingerprint density at radius 2 is 1.74 bits per heavy atom. The van der Waals surface area contributed by atoms with Crippen molar-refractivity contribution in [2.45, 2.75) is 19.9 Å². The van der Waals surface area contributed by atoms with Gasteiger partial charge in [-0.15, -0.1) is 0 Å². The quantitative estimate of drug-likeness (QED) is 0.626. The van der Waals surface area contributed by atoms with Crippen molar-refractivity contribution in [1.82, 2.24) is 4.31 Å².